The standard InChI is InChI=1S/C18H21N5OS2/c1-12-5-6-14(13(2)9-12)20-16-22-23-17(26-16)25-10-15(24)21-18(11-19)7-3-4-8-18/h5-6,9H,3-4,7-8,10H2,1-2H3,(H,20,22)(H,21,24). The molecule has 26 heavy (non-hydrogen) atoms. The quantitative estimate of drug-likeness (QED) is 0.730. The normalized spacial score (nSPS) is 15.4. The summed E-state index contributed by atoms with van der Waals surface area (Å²) in [6.45, 7) is 4.11. The van der Waals surface area contributed by atoms with Gasteiger partial charge in [0.2, 0.25) is 11.0 Å². The number of nitrogens with one attached hydrogen (secondary N) is 2. The summed E-state index contributed by atoms with van der Waals surface area (Å²) in [4.78, 5) is 12.2. The molecule has 136 valence electrons. The number of aromatic nitrogens is 2. The number of hydrogen-bond donors (Lipinski definition) is 2. The smallest absolute Gasteiger partial charge is 0.231 e. The number of nitrogens with zero attached hydrogens (tertiary/aromatic N) is 3. The number of hydrogen-bond acceptors (Lipinski definition) is 7. The Morgan fingerprint density at radius 3 is 2.81 bits per heavy atom. The van der Waals surface area contributed by atoms with Crippen LogP contribution in [0.25, 0.3) is 0 Å². The maximum Gasteiger partial charge on any atom is 0.231 e. The van der Waals surface area contributed by atoms with Crippen LogP contribution < -0.4 is 10.6 Å². The van der Waals surface area contributed by atoms with Gasteiger partial charge in [-0.25, -0.2) is 0 Å². The Balaban J connectivity index is 1.53. The second kappa shape index (κ2) is 8.06. The molecule has 1 heterocycles. The van der Waals surface area contributed by atoms with Gasteiger partial charge >= 0.3 is 0 Å². The highest BCUT2D eigenvalue weighted by atomic mass is 32.2. The number of nitriles is 1. The van der Waals surface area contributed by atoms with Crippen LogP contribution in [-0.4, -0.2) is 27.4 Å². The minimum absolute atomic E-state index is 0.127. The summed E-state index contributed by atoms with van der Waals surface area (Å²) in [5, 5.41) is 24.5. The van der Waals surface area contributed by atoms with Crippen molar-refractivity contribution in [1.82, 2.24) is 15.5 Å². The first-order valence-electron chi connectivity index (χ1n) is 8.52. The van der Waals surface area contributed by atoms with Gasteiger partial charge < -0.3 is 10.6 Å². The Kier molecular flexibility index (Phi) is 5.79. The molecule has 2 N–H and O–H groups in total. The van der Waals surface area contributed by atoms with Crippen molar-refractivity contribution in [3.8, 4) is 6.07 Å². The first-order chi connectivity index (χ1) is 12.5. The van der Waals surface area contributed by atoms with Gasteiger partial charge in [-0.1, -0.05) is 40.8 Å². The zero-order valence-electron chi connectivity index (χ0n) is 14.8. The van der Waals surface area contributed by atoms with Crippen LogP contribution in [0.2, 0.25) is 0 Å². The molecule has 2 aromatic rings. The van der Waals surface area contributed by atoms with Crippen molar-refractivity contribution in [3.63, 3.8) is 0 Å². The minimum atomic E-state index is -0.672. The fourth-order valence-corrected chi connectivity index (χ4v) is 4.63. The third-order valence-corrected chi connectivity index (χ3v) is 6.38. The second-order valence-electron chi connectivity index (χ2n) is 6.55. The van der Waals surface area contributed by atoms with Crippen LogP contribution in [0, 0.1) is 25.2 Å². The molecule has 1 saturated carbocycles. The zero-order chi connectivity index (χ0) is 18.6. The molecule has 1 aliphatic rings. The van der Waals surface area contributed by atoms with Crippen LogP contribution in [0.3, 0.4) is 0 Å². The molecule has 0 spiro atoms. The summed E-state index contributed by atoms with van der Waals surface area (Å²) in [7, 11) is 0. The van der Waals surface area contributed by atoms with E-state index in [1.165, 1.54) is 28.7 Å². The van der Waals surface area contributed by atoms with E-state index in [4.69, 9.17) is 0 Å². The van der Waals surface area contributed by atoms with Crippen LogP contribution in [0.5, 0.6) is 0 Å². The summed E-state index contributed by atoms with van der Waals surface area (Å²) < 4.78 is 0.727. The number of thioether (sulfide) groups is 1. The largest absolute Gasteiger partial charge is 0.337 e. The van der Waals surface area contributed by atoms with Crippen LogP contribution in [0.15, 0.2) is 22.5 Å². The molecule has 1 aromatic carbocycles. The molecule has 6 nitrogen and oxygen atoms in total. The average Bonchev–Trinajstić information content (AvgIpc) is 3.26. The molecule has 0 aliphatic heterocycles. The highest BCUT2D eigenvalue weighted by molar-refractivity contribution is 8.01. The first kappa shape index (κ1) is 18.7. The molecule has 1 aromatic heterocycles. The highest BCUT2D eigenvalue weighted by Crippen LogP contribution is 2.31. The van der Waals surface area contributed by atoms with Crippen LogP contribution in [0.4, 0.5) is 10.8 Å². The molecule has 8 heteroatoms. The maximum absolute atomic E-state index is 12.2. The van der Waals surface area contributed by atoms with E-state index in [0.29, 0.717) is 5.13 Å². The Hall–Kier alpha value is -2.11. The number of anilines is 2. The van der Waals surface area contributed by atoms with Gasteiger partial charge in [-0.15, -0.1) is 10.2 Å². The SMILES string of the molecule is Cc1ccc(Nc2nnc(SCC(=O)NC3(C#N)CCCC3)s2)c(C)c1. The number of amides is 1. The fourth-order valence-electron chi connectivity index (χ4n) is 3.06. The Bertz CT molecular complexity index is 836. The average molecular weight is 388 g/mol. The molecule has 0 bridgehead atoms. The first-order valence-corrected chi connectivity index (χ1v) is 10.3. The number of rotatable bonds is 6. The summed E-state index contributed by atoms with van der Waals surface area (Å²) >= 11 is 2.76. The monoisotopic (exact) mass is 387 g/mol. The van der Waals surface area contributed by atoms with Gasteiger partial charge in [0.05, 0.1) is 11.8 Å². The summed E-state index contributed by atoms with van der Waals surface area (Å²) in [6, 6.07) is 8.45. The van der Waals surface area contributed by atoms with Gasteiger partial charge in [0.15, 0.2) is 4.34 Å². The predicted octanol–water partition coefficient (Wildman–Crippen LogP) is 3.94. The zero-order valence-corrected chi connectivity index (χ0v) is 16.5. The third kappa shape index (κ3) is 4.54. The maximum atomic E-state index is 12.2. The summed E-state index contributed by atoms with van der Waals surface area (Å²) in [6.07, 6.45) is 3.46. The van der Waals surface area contributed by atoms with Gasteiger partial charge in [0.1, 0.15) is 5.54 Å². The summed E-state index contributed by atoms with van der Waals surface area (Å²) in [5.41, 5.74) is 2.68. The fraction of sp³-hybridized carbons (Fsp3) is 0.444. The van der Waals surface area contributed by atoms with E-state index in [2.05, 4.69) is 39.9 Å². The molecule has 3 rings (SSSR count). The van der Waals surface area contributed by atoms with E-state index in [1.54, 1.807) is 0 Å². The Morgan fingerprint density at radius 1 is 1.35 bits per heavy atom. The molecule has 0 radical (unpaired) electrons. The van der Waals surface area contributed by atoms with Gasteiger partial charge in [0, 0.05) is 5.69 Å². The van der Waals surface area contributed by atoms with Crippen LogP contribution in [-0.2, 0) is 4.79 Å². The van der Waals surface area contributed by atoms with E-state index in [-0.39, 0.29) is 11.7 Å². The van der Waals surface area contributed by atoms with Gasteiger partial charge in [0.25, 0.3) is 0 Å². The molecule has 1 amide bonds. The van der Waals surface area contributed by atoms with E-state index >= 15 is 0 Å². The number of carbonyl (C=O) groups is 1. The molecule has 0 atom stereocenters. The van der Waals surface area contributed by atoms with Crippen molar-refractivity contribution in [2.45, 2.75) is 49.4 Å². The Labute approximate surface area is 161 Å². The Morgan fingerprint density at radius 2 is 2.12 bits per heavy atom. The van der Waals surface area contributed by atoms with Crippen molar-refractivity contribution >= 4 is 39.8 Å². The van der Waals surface area contributed by atoms with Crippen molar-refractivity contribution in [1.29, 1.82) is 5.26 Å². The van der Waals surface area contributed by atoms with Gasteiger partial charge in [-0.3, -0.25) is 4.79 Å². The van der Waals surface area contributed by atoms with E-state index in [0.717, 1.165) is 41.3 Å². The van der Waals surface area contributed by atoms with Crippen molar-refractivity contribution in [2.75, 3.05) is 11.1 Å². The second-order valence-corrected chi connectivity index (χ2v) is 8.75. The van der Waals surface area contributed by atoms with Crippen molar-refractivity contribution in [2.24, 2.45) is 0 Å². The van der Waals surface area contributed by atoms with Crippen molar-refractivity contribution < 1.29 is 4.79 Å². The molecular formula is C18H21N5OS2. The molecular weight excluding hydrogens is 366 g/mol. The third-order valence-electron chi connectivity index (χ3n) is 4.41. The number of aryl methyl sites for hydroxylation is 2. The van der Waals surface area contributed by atoms with Crippen LogP contribution >= 0.6 is 23.1 Å². The highest BCUT2D eigenvalue weighted by Gasteiger charge is 2.35. The lowest BCUT2D eigenvalue weighted by Crippen LogP contribution is -2.45. The topological polar surface area (TPSA) is 90.7 Å². The van der Waals surface area contributed by atoms with E-state index in [9.17, 15) is 10.1 Å². The van der Waals surface area contributed by atoms with Crippen molar-refractivity contribution in [3.05, 3.63) is 29.3 Å². The molecule has 1 fully saturated rings. The van der Waals surface area contributed by atoms with E-state index in [1.807, 2.05) is 19.1 Å². The minimum Gasteiger partial charge on any atom is -0.337 e. The van der Waals surface area contributed by atoms with Gasteiger partial charge in [-0.2, -0.15) is 5.26 Å². The molecule has 1 aliphatic carbocycles. The van der Waals surface area contributed by atoms with E-state index < -0.39 is 5.54 Å². The van der Waals surface area contributed by atoms with Crippen LogP contribution in [0.1, 0.15) is 36.8 Å². The lowest BCUT2D eigenvalue weighted by atomic mass is 10.0. The predicted molar refractivity (Wildman–Crippen MR) is 105 cm³/mol. The molecule has 0 unspecified atom stereocenters. The number of carbonyl (C=O) groups excluding carboxylic acids is 1. The molecule has 0 saturated heterocycles. The lowest BCUT2D eigenvalue weighted by Gasteiger charge is -2.21. The lowest BCUT2D eigenvalue weighted by molar-refractivity contribution is -0.119. The van der Waals surface area contributed by atoms with Gasteiger partial charge in [-0.05, 0) is 51.2 Å². The summed E-state index contributed by atoms with van der Waals surface area (Å²) in [5.74, 6) is 0.110. The number of benzene rings is 1.